The van der Waals surface area contributed by atoms with Crippen molar-refractivity contribution in [3.63, 3.8) is 0 Å². The monoisotopic (exact) mass is 383 g/mol. The second kappa shape index (κ2) is 10.5. The standard InChI is InChI=1S/C22H29N3O3/c1-15-12-16(2)21(17(3)13-15)25-20(26)14-24-19-8-6-18(7-9-19)22(27)23-10-5-11-28-4/h6-9,12-13,24H,5,10-11,14H2,1-4H3,(H,23,27)(H,25,26). The van der Waals surface area contributed by atoms with Crippen molar-refractivity contribution in [1.29, 1.82) is 0 Å². The van der Waals surface area contributed by atoms with Gasteiger partial charge in [0, 0.05) is 37.2 Å². The molecule has 0 bridgehead atoms. The van der Waals surface area contributed by atoms with Crippen molar-refractivity contribution in [2.24, 2.45) is 0 Å². The van der Waals surface area contributed by atoms with Crippen LogP contribution in [-0.2, 0) is 9.53 Å². The molecule has 0 spiro atoms. The number of amides is 2. The molecule has 0 radical (unpaired) electrons. The van der Waals surface area contributed by atoms with Crippen molar-refractivity contribution < 1.29 is 14.3 Å². The van der Waals surface area contributed by atoms with Crippen LogP contribution in [0, 0.1) is 20.8 Å². The molecule has 6 heteroatoms. The van der Waals surface area contributed by atoms with Gasteiger partial charge in [0.1, 0.15) is 0 Å². The van der Waals surface area contributed by atoms with E-state index in [0.717, 1.165) is 28.9 Å². The first-order valence-electron chi connectivity index (χ1n) is 9.39. The van der Waals surface area contributed by atoms with Crippen molar-refractivity contribution >= 4 is 23.2 Å². The van der Waals surface area contributed by atoms with Gasteiger partial charge >= 0.3 is 0 Å². The van der Waals surface area contributed by atoms with E-state index in [9.17, 15) is 9.59 Å². The lowest BCUT2D eigenvalue weighted by atomic mass is 10.1. The van der Waals surface area contributed by atoms with Crippen LogP contribution >= 0.6 is 0 Å². The molecule has 0 unspecified atom stereocenters. The summed E-state index contributed by atoms with van der Waals surface area (Å²) in [7, 11) is 1.64. The van der Waals surface area contributed by atoms with Crippen molar-refractivity contribution in [3.8, 4) is 0 Å². The molecular weight excluding hydrogens is 354 g/mol. The molecule has 2 amide bonds. The Bertz CT molecular complexity index is 793. The second-order valence-electron chi connectivity index (χ2n) is 6.86. The summed E-state index contributed by atoms with van der Waals surface area (Å²) in [6.07, 6.45) is 0.775. The Morgan fingerprint density at radius 1 is 1.00 bits per heavy atom. The minimum Gasteiger partial charge on any atom is -0.385 e. The molecule has 2 rings (SSSR count). The van der Waals surface area contributed by atoms with Crippen LogP contribution in [0.2, 0.25) is 0 Å². The Morgan fingerprint density at radius 3 is 2.25 bits per heavy atom. The molecular formula is C22H29N3O3. The molecule has 0 atom stereocenters. The summed E-state index contributed by atoms with van der Waals surface area (Å²) in [5.74, 6) is -0.235. The predicted molar refractivity (Wildman–Crippen MR) is 113 cm³/mol. The lowest BCUT2D eigenvalue weighted by Gasteiger charge is -2.13. The molecule has 6 nitrogen and oxygen atoms in total. The van der Waals surface area contributed by atoms with Crippen LogP contribution in [-0.4, -0.2) is 38.6 Å². The third kappa shape index (κ3) is 6.39. The van der Waals surface area contributed by atoms with Crippen LogP contribution in [0.1, 0.15) is 33.5 Å². The van der Waals surface area contributed by atoms with Gasteiger partial charge in [0.05, 0.1) is 6.54 Å². The number of anilines is 2. The molecule has 0 aliphatic carbocycles. The zero-order chi connectivity index (χ0) is 20.5. The highest BCUT2D eigenvalue weighted by atomic mass is 16.5. The summed E-state index contributed by atoms with van der Waals surface area (Å²) in [4.78, 5) is 24.3. The third-order valence-electron chi connectivity index (χ3n) is 4.35. The molecule has 0 fully saturated rings. The fraction of sp³-hybridized carbons (Fsp3) is 0.364. The SMILES string of the molecule is COCCCNC(=O)c1ccc(NCC(=O)Nc2c(C)cc(C)cc2C)cc1. The van der Waals surface area contributed by atoms with Gasteiger partial charge in [-0.15, -0.1) is 0 Å². The van der Waals surface area contributed by atoms with Gasteiger partial charge in [0.15, 0.2) is 0 Å². The van der Waals surface area contributed by atoms with Gasteiger partial charge < -0.3 is 20.7 Å². The Kier molecular flexibility index (Phi) is 8.02. The minimum atomic E-state index is -0.120. The lowest BCUT2D eigenvalue weighted by Crippen LogP contribution is -2.25. The van der Waals surface area contributed by atoms with Gasteiger partial charge in [0.2, 0.25) is 5.91 Å². The maximum Gasteiger partial charge on any atom is 0.251 e. The molecule has 0 aliphatic rings. The summed E-state index contributed by atoms with van der Waals surface area (Å²) in [6, 6.07) is 11.2. The molecule has 0 saturated heterocycles. The quantitative estimate of drug-likeness (QED) is 0.580. The van der Waals surface area contributed by atoms with E-state index < -0.39 is 0 Å². The Balaban J connectivity index is 1.84. The summed E-state index contributed by atoms with van der Waals surface area (Å²) < 4.78 is 4.95. The number of benzene rings is 2. The Labute approximate surface area is 166 Å². The first-order chi connectivity index (χ1) is 13.4. The van der Waals surface area contributed by atoms with Gasteiger partial charge in [-0.3, -0.25) is 9.59 Å². The number of aryl methyl sites for hydroxylation is 3. The van der Waals surface area contributed by atoms with Crippen LogP contribution < -0.4 is 16.0 Å². The summed E-state index contributed by atoms with van der Waals surface area (Å²) in [5, 5.41) is 8.89. The summed E-state index contributed by atoms with van der Waals surface area (Å²) >= 11 is 0. The maximum atomic E-state index is 12.3. The van der Waals surface area contributed by atoms with E-state index in [1.807, 2.05) is 20.8 Å². The Hall–Kier alpha value is -2.86. The number of hydrogen-bond acceptors (Lipinski definition) is 4. The molecule has 0 aromatic heterocycles. The zero-order valence-electron chi connectivity index (χ0n) is 17.0. The summed E-state index contributed by atoms with van der Waals surface area (Å²) in [5.41, 5.74) is 5.49. The van der Waals surface area contributed by atoms with Crippen LogP contribution in [0.4, 0.5) is 11.4 Å². The Morgan fingerprint density at radius 2 is 1.64 bits per heavy atom. The maximum absolute atomic E-state index is 12.3. The average Bonchev–Trinajstić information content (AvgIpc) is 2.66. The molecule has 28 heavy (non-hydrogen) atoms. The van der Waals surface area contributed by atoms with E-state index in [0.29, 0.717) is 18.7 Å². The van der Waals surface area contributed by atoms with Crippen molar-refractivity contribution in [2.45, 2.75) is 27.2 Å². The average molecular weight is 383 g/mol. The number of methoxy groups -OCH3 is 1. The number of carbonyl (C=O) groups is 2. The highest BCUT2D eigenvalue weighted by molar-refractivity contribution is 5.96. The smallest absolute Gasteiger partial charge is 0.251 e. The van der Waals surface area contributed by atoms with E-state index in [1.54, 1.807) is 31.4 Å². The fourth-order valence-electron chi connectivity index (χ4n) is 3.00. The number of rotatable bonds is 9. The third-order valence-corrected chi connectivity index (χ3v) is 4.35. The van der Waals surface area contributed by atoms with E-state index in [1.165, 1.54) is 5.56 Å². The molecule has 0 saturated carbocycles. The molecule has 3 N–H and O–H groups in total. The number of hydrogen-bond donors (Lipinski definition) is 3. The summed E-state index contributed by atoms with van der Waals surface area (Å²) in [6.45, 7) is 7.35. The van der Waals surface area contributed by atoms with Crippen LogP contribution in [0.5, 0.6) is 0 Å². The zero-order valence-corrected chi connectivity index (χ0v) is 17.0. The molecule has 2 aromatic carbocycles. The highest BCUT2D eigenvalue weighted by Gasteiger charge is 2.09. The minimum absolute atomic E-state index is 0.116. The van der Waals surface area contributed by atoms with E-state index in [2.05, 4.69) is 28.1 Å². The number of nitrogens with one attached hydrogen (secondary N) is 3. The highest BCUT2D eigenvalue weighted by Crippen LogP contribution is 2.21. The van der Waals surface area contributed by atoms with Gasteiger partial charge in [-0.1, -0.05) is 17.7 Å². The van der Waals surface area contributed by atoms with Crippen LogP contribution in [0.25, 0.3) is 0 Å². The first kappa shape index (κ1) is 21.4. The van der Waals surface area contributed by atoms with Crippen molar-refractivity contribution in [1.82, 2.24) is 5.32 Å². The van der Waals surface area contributed by atoms with Gasteiger partial charge in [0.25, 0.3) is 5.91 Å². The normalized spacial score (nSPS) is 10.4. The first-order valence-corrected chi connectivity index (χ1v) is 9.39. The fourth-order valence-corrected chi connectivity index (χ4v) is 3.00. The number of carbonyl (C=O) groups excluding carboxylic acids is 2. The topological polar surface area (TPSA) is 79.5 Å². The molecule has 0 aliphatic heterocycles. The van der Waals surface area contributed by atoms with E-state index >= 15 is 0 Å². The van der Waals surface area contributed by atoms with Crippen LogP contribution in [0.15, 0.2) is 36.4 Å². The van der Waals surface area contributed by atoms with Crippen molar-refractivity contribution in [3.05, 3.63) is 58.7 Å². The lowest BCUT2D eigenvalue weighted by molar-refractivity contribution is -0.114. The molecule has 150 valence electrons. The van der Waals surface area contributed by atoms with Gasteiger partial charge in [-0.2, -0.15) is 0 Å². The predicted octanol–water partition coefficient (Wildman–Crippen LogP) is 3.43. The van der Waals surface area contributed by atoms with E-state index in [-0.39, 0.29) is 18.4 Å². The largest absolute Gasteiger partial charge is 0.385 e. The van der Waals surface area contributed by atoms with E-state index in [4.69, 9.17) is 4.74 Å². The molecule has 0 heterocycles. The van der Waals surface area contributed by atoms with Crippen LogP contribution in [0.3, 0.4) is 0 Å². The van der Waals surface area contributed by atoms with Gasteiger partial charge in [-0.05, 0) is 62.6 Å². The second-order valence-corrected chi connectivity index (χ2v) is 6.86. The van der Waals surface area contributed by atoms with Crippen molar-refractivity contribution in [2.75, 3.05) is 37.4 Å². The number of ether oxygens (including phenoxy) is 1. The van der Waals surface area contributed by atoms with Gasteiger partial charge in [-0.25, -0.2) is 0 Å². The molecule has 2 aromatic rings.